The number of carbonyl (C=O) groups is 1. The lowest BCUT2D eigenvalue weighted by atomic mass is 9.80. The van der Waals surface area contributed by atoms with Gasteiger partial charge in [0.2, 0.25) is 5.91 Å². The quantitative estimate of drug-likeness (QED) is 0.688. The number of carbonyl (C=O) groups excluding carboxylic acids is 1. The highest BCUT2D eigenvalue weighted by Gasteiger charge is 2.54. The summed E-state index contributed by atoms with van der Waals surface area (Å²) in [5, 5.41) is 10.4. The lowest BCUT2D eigenvalue weighted by Crippen LogP contribution is -2.70. The van der Waals surface area contributed by atoms with Crippen molar-refractivity contribution in [3.63, 3.8) is 0 Å². The second kappa shape index (κ2) is 6.14. The number of para-hydroxylation sites is 1. The maximum atomic E-state index is 13.2. The minimum atomic E-state index is -0.958. The van der Waals surface area contributed by atoms with Gasteiger partial charge in [0.25, 0.3) is 0 Å². The third-order valence-electron chi connectivity index (χ3n) is 4.89. The fraction of sp³-hybridized carbons (Fsp3) is 0.263. The second-order valence-corrected chi connectivity index (χ2v) is 7.59. The molecule has 134 valence electrons. The predicted molar refractivity (Wildman–Crippen MR) is 105 cm³/mol. The maximum absolute atomic E-state index is 13.2. The Balaban J connectivity index is 1.74. The number of halogens is 1. The van der Waals surface area contributed by atoms with Gasteiger partial charge in [0.1, 0.15) is 11.7 Å². The molecule has 2 aromatic rings. The van der Waals surface area contributed by atoms with Crippen molar-refractivity contribution in [3.05, 3.63) is 58.6 Å². The van der Waals surface area contributed by atoms with Crippen LogP contribution in [0.3, 0.4) is 0 Å². The molecule has 3 atom stereocenters. The molecule has 2 aliphatic rings. The summed E-state index contributed by atoms with van der Waals surface area (Å²) in [6, 6.07) is 12.7. The van der Waals surface area contributed by atoms with Crippen LogP contribution in [-0.4, -0.2) is 16.7 Å². The summed E-state index contributed by atoms with van der Waals surface area (Å²) >= 11 is 11.5. The lowest BCUT2D eigenvalue weighted by molar-refractivity contribution is -0.132. The SMILES string of the molecule is Cc1ccccc1NC(=O)[C@H]1[C@H]2NC(=S)N[C@]1(C)Oc1ccc(Cl)cc12. The van der Waals surface area contributed by atoms with Gasteiger partial charge in [-0.15, -0.1) is 0 Å². The number of fused-ring (bicyclic) bond motifs is 4. The van der Waals surface area contributed by atoms with Crippen molar-refractivity contribution in [2.75, 3.05) is 5.32 Å². The largest absolute Gasteiger partial charge is 0.467 e. The summed E-state index contributed by atoms with van der Waals surface area (Å²) < 4.78 is 6.16. The van der Waals surface area contributed by atoms with Gasteiger partial charge in [-0.25, -0.2) is 0 Å². The maximum Gasteiger partial charge on any atom is 0.236 e. The number of hydrogen-bond acceptors (Lipinski definition) is 3. The zero-order valence-electron chi connectivity index (χ0n) is 14.3. The molecule has 0 aliphatic carbocycles. The van der Waals surface area contributed by atoms with Crippen molar-refractivity contribution in [3.8, 4) is 5.75 Å². The first kappa shape index (κ1) is 17.1. The van der Waals surface area contributed by atoms with E-state index in [1.807, 2.05) is 50.2 Å². The van der Waals surface area contributed by atoms with Gasteiger partial charge in [-0.3, -0.25) is 4.79 Å². The van der Waals surface area contributed by atoms with E-state index in [2.05, 4.69) is 16.0 Å². The molecule has 2 aliphatic heterocycles. The van der Waals surface area contributed by atoms with Crippen LogP contribution < -0.4 is 20.7 Å². The Morgan fingerprint density at radius 3 is 2.85 bits per heavy atom. The molecule has 2 heterocycles. The summed E-state index contributed by atoms with van der Waals surface area (Å²) in [6.07, 6.45) is 0. The van der Waals surface area contributed by atoms with Gasteiger partial charge < -0.3 is 20.7 Å². The van der Waals surface area contributed by atoms with Crippen molar-refractivity contribution in [2.45, 2.75) is 25.6 Å². The molecule has 0 radical (unpaired) electrons. The van der Waals surface area contributed by atoms with Crippen LogP contribution in [0.4, 0.5) is 5.69 Å². The van der Waals surface area contributed by atoms with Crippen LogP contribution in [0.15, 0.2) is 42.5 Å². The van der Waals surface area contributed by atoms with E-state index in [4.69, 9.17) is 28.6 Å². The van der Waals surface area contributed by atoms with Gasteiger partial charge in [-0.05, 0) is 55.9 Å². The molecule has 0 unspecified atom stereocenters. The summed E-state index contributed by atoms with van der Waals surface area (Å²) in [4.78, 5) is 13.2. The Kier molecular flexibility index (Phi) is 4.04. The topological polar surface area (TPSA) is 62.4 Å². The predicted octanol–water partition coefficient (Wildman–Crippen LogP) is 3.53. The molecule has 5 nitrogen and oxygen atoms in total. The van der Waals surface area contributed by atoms with E-state index >= 15 is 0 Å². The molecule has 4 rings (SSSR count). The van der Waals surface area contributed by atoms with Crippen molar-refractivity contribution in [2.24, 2.45) is 5.92 Å². The standard InChI is InChI=1S/C19H18ClN3O2S/c1-10-5-3-4-6-13(10)21-17(24)15-16-12-9-11(20)7-8-14(12)25-19(15,2)23-18(26)22-16/h3-9,15-16H,1-2H3,(H,21,24)(H2,22,23,26)/t15-,16+,19-/m1/s1. The number of ether oxygens (including phenoxy) is 1. The summed E-state index contributed by atoms with van der Waals surface area (Å²) in [5.41, 5.74) is 1.64. The normalized spacial score (nSPS) is 26.0. The first-order valence-electron chi connectivity index (χ1n) is 8.31. The van der Waals surface area contributed by atoms with Crippen LogP contribution in [0.2, 0.25) is 5.02 Å². The van der Waals surface area contributed by atoms with Crippen LogP contribution in [0.1, 0.15) is 24.1 Å². The van der Waals surface area contributed by atoms with Gasteiger partial charge in [0.05, 0.1) is 6.04 Å². The number of benzene rings is 2. The third kappa shape index (κ3) is 2.79. The van der Waals surface area contributed by atoms with Crippen molar-refractivity contribution in [1.82, 2.24) is 10.6 Å². The first-order chi connectivity index (χ1) is 12.4. The van der Waals surface area contributed by atoms with Crippen LogP contribution in [0.25, 0.3) is 0 Å². The number of thiocarbonyl (C=S) groups is 1. The molecule has 3 N–H and O–H groups in total. The highest BCUT2D eigenvalue weighted by molar-refractivity contribution is 7.80. The zero-order chi connectivity index (χ0) is 18.5. The van der Waals surface area contributed by atoms with Gasteiger partial charge in [0, 0.05) is 16.3 Å². The Labute approximate surface area is 162 Å². The lowest BCUT2D eigenvalue weighted by Gasteiger charge is -2.50. The van der Waals surface area contributed by atoms with Gasteiger partial charge in [-0.2, -0.15) is 0 Å². The van der Waals surface area contributed by atoms with E-state index in [0.29, 0.717) is 15.9 Å². The van der Waals surface area contributed by atoms with Gasteiger partial charge >= 0.3 is 0 Å². The van der Waals surface area contributed by atoms with E-state index in [1.54, 1.807) is 6.07 Å². The fourth-order valence-corrected chi connectivity index (χ4v) is 4.15. The molecule has 0 aromatic heterocycles. The monoisotopic (exact) mass is 387 g/mol. The molecule has 2 aromatic carbocycles. The highest BCUT2D eigenvalue weighted by atomic mass is 35.5. The molecular formula is C19H18ClN3O2S. The minimum absolute atomic E-state index is 0.153. The molecule has 1 saturated heterocycles. The van der Waals surface area contributed by atoms with Crippen LogP contribution >= 0.6 is 23.8 Å². The molecule has 7 heteroatoms. The van der Waals surface area contributed by atoms with Crippen LogP contribution in [0, 0.1) is 12.8 Å². The van der Waals surface area contributed by atoms with Crippen molar-refractivity contribution >= 4 is 40.5 Å². The van der Waals surface area contributed by atoms with E-state index in [1.165, 1.54) is 0 Å². The zero-order valence-corrected chi connectivity index (χ0v) is 15.9. The highest BCUT2D eigenvalue weighted by Crippen LogP contribution is 2.46. The summed E-state index contributed by atoms with van der Waals surface area (Å²) in [7, 11) is 0. The molecule has 2 bridgehead atoms. The van der Waals surface area contributed by atoms with Crippen molar-refractivity contribution < 1.29 is 9.53 Å². The van der Waals surface area contributed by atoms with E-state index in [-0.39, 0.29) is 11.9 Å². The average Bonchev–Trinajstić information content (AvgIpc) is 2.56. The molecule has 1 amide bonds. The fourth-order valence-electron chi connectivity index (χ4n) is 3.64. The molecule has 0 spiro atoms. The van der Waals surface area contributed by atoms with E-state index in [9.17, 15) is 4.79 Å². The Morgan fingerprint density at radius 2 is 2.08 bits per heavy atom. The number of nitrogens with one attached hydrogen (secondary N) is 3. The third-order valence-corrected chi connectivity index (χ3v) is 5.34. The van der Waals surface area contributed by atoms with E-state index in [0.717, 1.165) is 16.8 Å². The Hall–Kier alpha value is -2.31. The number of hydrogen-bond donors (Lipinski definition) is 3. The number of anilines is 1. The smallest absolute Gasteiger partial charge is 0.236 e. The summed E-state index contributed by atoms with van der Waals surface area (Å²) in [6.45, 7) is 3.79. The molecular weight excluding hydrogens is 370 g/mol. The van der Waals surface area contributed by atoms with Gasteiger partial charge in [-0.1, -0.05) is 29.8 Å². The number of amides is 1. The molecule has 26 heavy (non-hydrogen) atoms. The Morgan fingerprint density at radius 1 is 1.31 bits per heavy atom. The minimum Gasteiger partial charge on any atom is -0.467 e. The Bertz CT molecular complexity index is 919. The van der Waals surface area contributed by atoms with Crippen LogP contribution in [0.5, 0.6) is 5.75 Å². The van der Waals surface area contributed by atoms with E-state index < -0.39 is 11.6 Å². The first-order valence-corrected chi connectivity index (χ1v) is 9.10. The van der Waals surface area contributed by atoms with Gasteiger partial charge in [0.15, 0.2) is 10.8 Å². The summed E-state index contributed by atoms with van der Waals surface area (Å²) in [5.74, 6) is -0.0101. The van der Waals surface area contributed by atoms with Crippen molar-refractivity contribution in [1.29, 1.82) is 0 Å². The average molecular weight is 388 g/mol. The number of aryl methyl sites for hydroxylation is 1. The molecule has 0 saturated carbocycles. The van der Waals surface area contributed by atoms with Crippen LogP contribution in [-0.2, 0) is 4.79 Å². The number of rotatable bonds is 2. The molecule has 1 fully saturated rings. The second-order valence-electron chi connectivity index (χ2n) is 6.75.